The van der Waals surface area contributed by atoms with Gasteiger partial charge in [-0.1, -0.05) is 263 Å². The Hall–Kier alpha value is -10.9. The number of hydrogen-bond donors (Lipinski definition) is 0. The molecule has 13 aromatic carbocycles. The third-order valence-corrected chi connectivity index (χ3v) is 22.2. The van der Waals surface area contributed by atoms with Gasteiger partial charge in [-0.15, -0.1) is 0 Å². The zero-order valence-corrected chi connectivity index (χ0v) is 54.6. The molecule has 5 heteroatoms. The van der Waals surface area contributed by atoms with Crippen LogP contribution in [0.1, 0.15) is 58.4 Å². The second kappa shape index (κ2) is 22.4. The van der Waals surface area contributed by atoms with Gasteiger partial charge in [0, 0.05) is 79.2 Å². The monoisotopic (exact) mass is 1230 g/mol. The van der Waals surface area contributed by atoms with E-state index in [0.29, 0.717) is 12.1 Å². The number of fused-ring (bicyclic) bond motifs is 7. The summed E-state index contributed by atoms with van der Waals surface area (Å²) in [7, 11) is 0. The molecule has 0 amide bonds. The highest BCUT2D eigenvalue weighted by molar-refractivity contribution is 7.00. The van der Waals surface area contributed by atoms with Crippen LogP contribution in [0.3, 0.4) is 0 Å². The number of aromatic nitrogens is 1. The molecule has 1 aromatic heterocycles. The number of anilines is 7. The Labute approximate surface area is 564 Å². The van der Waals surface area contributed by atoms with Crippen molar-refractivity contribution in [2.75, 3.05) is 14.7 Å². The van der Waals surface area contributed by atoms with E-state index in [0.717, 1.165) is 23.2 Å². The fourth-order valence-corrected chi connectivity index (χ4v) is 18.0. The fourth-order valence-electron chi connectivity index (χ4n) is 18.0. The van der Waals surface area contributed by atoms with Crippen molar-refractivity contribution >= 4 is 84.7 Å². The maximum atomic E-state index is 2.91. The highest BCUT2D eigenvalue weighted by Crippen LogP contribution is 2.56. The summed E-state index contributed by atoms with van der Waals surface area (Å²) in [6.07, 6.45) is 6.59. The van der Waals surface area contributed by atoms with Gasteiger partial charge in [0.1, 0.15) is 0 Å². The minimum absolute atomic E-state index is 0.147. The lowest BCUT2D eigenvalue weighted by Gasteiger charge is -2.57. The third kappa shape index (κ3) is 9.18. The van der Waals surface area contributed by atoms with E-state index >= 15 is 0 Å². The molecule has 2 aliphatic carbocycles. The molecule has 4 aliphatic heterocycles. The molecule has 96 heavy (non-hydrogen) atoms. The number of piperidine rings is 2. The summed E-state index contributed by atoms with van der Waals surface area (Å²) in [5, 5.41) is 2.45. The standard InChI is InChI=1S/C91H73BN4/c1-91(2,3)69-55-86-88-87(56-69)96(90-76(65-32-18-8-19-33-65)38-23-39-77(90)66-34-20-9-21-35-66)85-58-71(94-82-46-40-67(61-24-10-4-11-25-61)53-78(82)79-54-68(41-47-83(79)94)62-26-12-5-13-27-62)43-45-81(85)92(88)80-44-42-70(93-72-49-59-48-60(51-72)52-73(93)50-59)57-84(80)95(86)89-74(63-28-14-6-15-29-63)36-22-37-75(89)64-30-16-7-17-31-64/h4-47,53-60,72-73H,48-52H2,1-3H3. The Morgan fingerprint density at radius 1 is 0.312 bits per heavy atom. The van der Waals surface area contributed by atoms with Crippen LogP contribution in [-0.2, 0) is 5.41 Å². The number of hydrogen-bond acceptors (Lipinski definition) is 3. The second-order valence-corrected chi connectivity index (χ2v) is 28.8. The Bertz CT molecular complexity index is 5110. The second-order valence-electron chi connectivity index (χ2n) is 28.8. The largest absolute Gasteiger partial charge is 0.365 e. The summed E-state index contributed by atoms with van der Waals surface area (Å²) in [6, 6.07) is 116. The van der Waals surface area contributed by atoms with Crippen molar-refractivity contribution in [1.29, 1.82) is 0 Å². The summed E-state index contributed by atoms with van der Waals surface area (Å²) >= 11 is 0. The molecule has 4 nitrogen and oxygen atoms in total. The van der Waals surface area contributed by atoms with Gasteiger partial charge in [0.25, 0.3) is 6.71 Å². The molecule has 0 N–H and O–H groups in total. The maximum Gasteiger partial charge on any atom is 0.252 e. The molecule has 4 bridgehead atoms. The average Bonchev–Trinajstić information content (AvgIpc) is 0.760. The van der Waals surface area contributed by atoms with Crippen LogP contribution in [-0.4, -0.2) is 23.4 Å². The van der Waals surface area contributed by atoms with Crippen LogP contribution in [0.15, 0.2) is 303 Å². The van der Waals surface area contributed by atoms with E-state index in [-0.39, 0.29) is 12.1 Å². The SMILES string of the molecule is CC(C)(C)c1cc2c3c(c1)N(c1c(-c4ccccc4)cccc1-c1ccccc1)c1cc(-n4c5ccc(-c6ccccc6)cc5c5cc(-c6ccccc6)ccc54)ccc1B3c1ccc(N3C4CC5CC(C4)CC3C5)cc1N2c1c(-c2ccccc2)cccc1-c1ccccc1. The van der Waals surface area contributed by atoms with Gasteiger partial charge in [0.15, 0.2) is 0 Å². The van der Waals surface area contributed by atoms with Crippen molar-refractivity contribution in [2.45, 2.75) is 70.4 Å². The van der Waals surface area contributed by atoms with Crippen LogP contribution < -0.4 is 31.1 Å². The first-order valence-electron chi connectivity index (χ1n) is 34.8. The Morgan fingerprint density at radius 2 is 0.677 bits per heavy atom. The lowest BCUT2D eigenvalue weighted by Crippen LogP contribution is -2.62. The number of rotatable bonds is 10. The van der Waals surface area contributed by atoms with Gasteiger partial charge in [-0.2, -0.15) is 0 Å². The van der Waals surface area contributed by atoms with Crippen molar-refractivity contribution in [2.24, 2.45) is 11.8 Å². The van der Waals surface area contributed by atoms with Gasteiger partial charge in [-0.25, -0.2) is 0 Å². The van der Waals surface area contributed by atoms with Crippen LogP contribution in [0, 0.1) is 11.8 Å². The predicted molar refractivity (Wildman–Crippen MR) is 406 cm³/mol. The van der Waals surface area contributed by atoms with Crippen LogP contribution in [0.25, 0.3) is 94.3 Å². The van der Waals surface area contributed by atoms with E-state index in [1.54, 1.807) is 0 Å². The van der Waals surface area contributed by atoms with Crippen molar-refractivity contribution in [3.63, 3.8) is 0 Å². The van der Waals surface area contributed by atoms with Gasteiger partial charge in [-0.3, -0.25) is 0 Å². The van der Waals surface area contributed by atoms with E-state index in [1.165, 1.54) is 177 Å². The summed E-state index contributed by atoms with van der Waals surface area (Å²) in [6.45, 7) is 7.08. The highest BCUT2D eigenvalue weighted by atomic mass is 15.2. The Kier molecular flexibility index (Phi) is 13.2. The molecule has 2 saturated carbocycles. The Morgan fingerprint density at radius 3 is 1.06 bits per heavy atom. The number of para-hydroxylation sites is 2. The minimum atomic E-state index is -0.267. The van der Waals surface area contributed by atoms with Gasteiger partial charge < -0.3 is 19.3 Å². The molecule has 6 aliphatic rings. The number of benzene rings is 13. The molecule has 0 spiro atoms. The molecule has 460 valence electrons. The van der Waals surface area contributed by atoms with Crippen molar-refractivity contribution in [1.82, 2.24) is 4.57 Å². The molecule has 2 saturated heterocycles. The zero-order chi connectivity index (χ0) is 63.8. The number of nitrogens with zero attached hydrogens (tertiary/aromatic N) is 4. The molecular weight excluding hydrogens is 1160 g/mol. The van der Waals surface area contributed by atoms with Gasteiger partial charge in [0.05, 0.1) is 22.4 Å². The molecule has 20 rings (SSSR count). The summed E-state index contributed by atoms with van der Waals surface area (Å²) in [5.41, 5.74) is 31.2. The fraction of sp³-hybridized carbons (Fsp3) is 0.143. The summed E-state index contributed by atoms with van der Waals surface area (Å²) < 4.78 is 2.55. The van der Waals surface area contributed by atoms with Crippen LogP contribution in [0.4, 0.5) is 39.8 Å². The molecule has 0 atom stereocenters. The van der Waals surface area contributed by atoms with E-state index in [1.807, 2.05) is 0 Å². The van der Waals surface area contributed by atoms with Crippen LogP contribution >= 0.6 is 0 Å². The quantitative estimate of drug-likeness (QED) is 0.127. The zero-order valence-electron chi connectivity index (χ0n) is 54.6. The smallest absolute Gasteiger partial charge is 0.252 e. The molecular formula is C91H73BN4. The van der Waals surface area contributed by atoms with Gasteiger partial charge in [0.2, 0.25) is 0 Å². The van der Waals surface area contributed by atoms with Crippen LogP contribution in [0.2, 0.25) is 0 Å². The maximum absolute atomic E-state index is 2.91. The molecule has 4 fully saturated rings. The molecule has 14 aromatic rings. The lowest BCUT2D eigenvalue weighted by molar-refractivity contribution is 0.0900. The van der Waals surface area contributed by atoms with Gasteiger partial charge in [-0.05, 0) is 176 Å². The van der Waals surface area contributed by atoms with Crippen LogP contribution in [0.5, 0.6) is 0 Å². The first kappa shape index (κ1) is 56.6. The Balaban J connectivity index is 0.939. The van der Waals surface area contributed by atoms with Gasteiger partial charge >= 0.3 is 0 Å². The van der Waals surface area contributed by atoms with E-state index in [9.17, 15) is 0 Å². The molecule has 0 radical (unpaired) electrons. The topological polar surface area (TPSA) is 14.7 Å². The summed E-state index contributed by atoms with van der Waals surface area (Å²) in [4.78, 5) is 8.39. The predicted octanol–water partition coefficient (Wildman–Crippen LogP) is 21.9. The van der Waals surface area contributed by atoms with E-state index in [2.05, 4.69) is 343 Å². The normalized spacial score (nSPS) is 17.4. The lowest BCUT2D eigenvalue weighted by atomic mass is 9.33. The van der Waals surface area contributed by atoms with E-state index < -0.39 is 0 Å². The van der Waals surface area contributed by atoms with Crippen molar-refractivity contribution in [3.05, 3.63) is 309 Å². The highest BCUT2D eigenvalue weighted by Gasteiger charge is 2.49. The van der Waals surface area contributed by atoms with E-state index in [4.69, 9.17) is 0 Å². The molecule has 0 unspecified atom stereocenters. The first-order valence-corrected chi connectivity index (χ1v) is 34.8. The molecule has 5 heterocycles. The van der Waals surface area contributed by atoms with Crippen molar-refractivity contribution in [3.8, 4) is 72.4 Å². The van der Waals surface area contributed by atoms with Crippen molar-refractivity contribution < 1.29 is 0 Å². The third-order valence-electron chi connectivity index (χ3n) is 22.2. The summed E-state index contributed by atoms with van der Waals surface area (Å²) in [5.74, 6) is 1.68. The minimum Gasteiger partial charge on any atom is -0.365 e. The first-order chi connectivity index (χ1) is 47.2. The average molecular weight is 1230 g/mol.